The van der Waals surface area contributed by atoms with Crippen LogP contribution in [0.4, 0.5) is 0 Å². The minimum Gasteiger partial charge on any atom is -0.351 e. The molecule has 0 aliphatic carbocycles. The molecule has 1 aromatic carbocycles. The van der Waals surface area contributed by atoms with Gasteiger partial charge in [-0.1, -0.05) is 56.2 Å². The lowest BCUT2D eigenvalue weighted by Gasteiger charge is -2.20. The lowest BCUT2D eigenvalue weighted by Crippen LogP contribution is -2.41. The number of nitrogens with one attached hydrogen (secondary N) is 1. The topological polar surface area (TPSA) is 29.1 Å². The van der Waals surface area contributed by atoms with Gasteiger partial charge >= 0.3 is 0 Å². The van der Waals surface area contributed by atoms with E-state index in [-0.39, 0.29) is 11.4 Å². The van der Waals surface area contributed by atoms with E-state index < -0.39 is 0 Å². The van der Waals surface area contributed by atoms with Crippen LogP contribution < -0.4 is 5.32 Å². The Kier molecular flexibility index (Phi) is 7.74. The van der Waals surface area contributed by atoms with Crippen molar-refractivity contribution in [2.24, 2.45) is 0 Å². The first-order chi connectivity index (χ1) is 10.4. The van der Waals surface area contributed by atoms with Crippen molar-refractivity contribution in [1.29, 1.82) is 0 Å². The van der Waals surface area contributed by atoms with Gasteiger partial charge in [-0.15, -0.1) is 0 Å². The van der Waals surface area contributed by atoms with Gasteiger partial charge in [-0.3, -0.25) is 4.79 Å². The Hall–Kier alpha value is -1.75. The van der Waals surface area contributed by atoms with Gasteiger partial charge < -0.3 is 5.32 Å². The van der Waals surface area contributed by atoms with E-state index in [1.807, 2.05) is 45.0 Å². The fraction of sp³-hybridized carbons (Fsp3) is 0.550. The number of amides is 1. The van der Waals surface area contributed by atoms with Gasteiger partial charge in [0.15, 0.2) is 0 Å². The number of carbonyl (C=O) groups is 1. The third-order valence-electron chi connectivity index (χ3n) is 3.26. The molecule has 1 aromatic rings. The summed E-state index contributed by atoms with van der Waals surface area (Å²) in [5, 5.41) is 3.00. The predicted octanol–water partition coefficient (Wildman–Crippen LogP) is 4.47. The molecule has 0 spiro atoms. The van der Waals surface area contributed by atoms with Gasteiger partial charge in [0.25, 0.3) is 0 Å². The second kappa shape index (κ2) is 9.30. The van der Waals surface area contributed by atoms with E-state index in [4.69, 9.17) is 0 Å². The lowest BCUT2D eigenvalue weighted by atomic mass is 10.0. The van der Waals surface area contributed by atoms with Crippen molar-refractivity contribution in [1.82, 2.24) is 5.32 Å². The predicted molar refractivity (Wildman–Crippen MR) is 93.7 cm³/mol. The summed E-state index contributed by atoms with van der Waals surface area (Å²) >= 11 is 0. The molecule has 0 bridgehead atoms. The van der Waals surface area contributed by atoms with Gasteiger partial charge in [0.2, 0.25) is 5.91 Å². The zero-order valence-corrected chi connectivity index (χ0v) is 14.5. The van der Waals surface area contributed by atoms with E-state index in [0.29, 0.717) is 6.42 Å². The maximum atomic E-state index is 12.1. The van der Waals surface area contributed by atoms with Gasteiger partial charge in [0.05, 0.1) is 6.42 Å². The number of benzene rings is 1. The molecule has 0 radical (unpaired) electrons. The quantitative estimate of drug-likeness (QED) is 0.609. The molecule has 120 valence electrons. The number of hydrogen-bond donors (Lipinski definition) is 1. The number of unbranched alkanes of at least 4 members (excludes halogenated alkanes) is 4. The molecular formula is C20H29NO. The summed E-state index contributed by atoms with van der Waals surface area (Å²) in [4.78, 5) is 12.1. The summed E-state index contributed by atoms with van der Waals surface area (Å²) in [6.45, 7) is 8.19. The van der Waals surface area contributed by atoms with Crippen LogP contribution in [0.25, 0.3) is 0 Å². The molecular weight excluding hydrogens is 270 g/mol. The second-order valence-corrected chi connectivity index (χ2v) is 6.74. The molecule has 0 atom stereocenters. The highest BCUT2D eigenvalue weighted by molar-refractivity contribution is 5.80. The molecule has 22 heavy (non-hydrogen) atoms. The fourth-order valence-electron chi connectivity index (χ4n) is 2.23. The summed E-state index contributed by atoms with van der Waals surface area (Å²) < 4.78 is 0. The van der Waals surface area contributed by atoms with E-state index in [2.05, 4.69) is 24.1 Å². The van der Waals surface area contributed by atoms with Gasteiger partial charge in [-0.2, -0.15) is 0 Å². The molecule has 0 saturated heterocycles. The molecule has 0 aliphatic rings. The Bertz CT molecular complexity index is 529. The Morgan fingerprint density at radius 1 is 1.14 bits per heavy atom. The highest BCUT2D eigenvalue weighted by Gasteiger charge is 2.14. The van der Waals surface area contributed by atoms with Gasteiger partial charge in [-0.05, 0) is 38.8 Å². The lowest BCUT2D eigenvalue weighted by molar-refractivity contribution is -0.121. The molecule has 0 saturated carbocycles. The molecule has 2 heteroatoms. The molecule has 0 aliphatic heterocycles. The first kappa shape index (κ1) is 18.3. The average Bonchev–Trinajstić information content (AvgIpc) is 2.42. The molecule has 1 rings (SSSR count). The first-order valence-electron chi connectivity index (χ1n) is 8.30. The van der Waals surface area contributed by atoms with E-state index in [9.17, 15) is 4.79 Å². The summed E-state index contributed by atoms with van der Waals surface area (Å²) in [5.74, 6) is 6.52. The van der Waals surface area contributed by atoms with Crippen LogP contribution >= 0.6 is 0 Å². The zero-order chi connectivity index (χ0) is 16.4. The van der Waals surface area contributed by atoms with Crippen molar-refractivity contribution in [2.75, 3.05) is 0 Å². The number of rotatable bonds is 6. The highest BCUT2D eigenvalue weighted by atomic mass is 16.1. The minimum atomic E-state index is -0.197. The van der Waals surface area contributed by atoms with Gasteiger partial charge in [0, 0.05) is 17.5 Å². The smallest absolute Gasteiger partial charge is 0.224 e. The molecule has 2 nitrogen and oxygen atoms in total. The van der Waals surface area contributed by atoms with E-state index >= 15 is 0 Å². The molecule has 1 N–H and O–H groups in total. The van der Waals surface area contributed by atoms with Crippen molar-refractivity contribution in [3.8, 4) is 11.8 Å². The van der Waals surface area contributed by atoms with Crippen molar-refractivity contribution >= 4 is 5.91 Å². The average molecular weight is 299 g/mol. The highest BCUT2D eigenvalue weighted by Crippen LogP contribution is 2.10. The minimum absolute atomic E-state index is 0.0460. The van der Waals surface area contributed by atoms with Crippen LogP contribution in [0.5, 0.6) is 0 Å². The second-order valence-electron chi connectivity index (χ2n) is 6.74. The van der Waals surface area contributed by atoms with Crippen LogP contribution in [-0.4, -0.2) is 11.4 Å². The van der Waals surface area contributed by atoms with Crippen LogP contribution in [0.1, 0.15) is 70.9 Å². The summed E-state index contributed by atoms with van der Waals surface area (Å²) in [6.07, 6.45) is 6.26. The monoisotopic (exact) mass is 299 g/mol. The Morgan fingerprint density at radius 3 is 2.55 bits per heavy atom. The molecule has 0 heterocycles. The van der Waals surface area contributed by atoms with Crippen LogP contribution in [0, 0.1) is 11.8 Å². The molecule has 0 aromatic heterocycles. The summed E-state index contributed by atoms with van der Waals surface area (Å²) in [6, 6.07) is 7.93. The van der Waals surface area contributed by atoms with Crippen molar-refractivity contribution < 1.29 is 4.79 Å². The zero-order valence-electron chi connectivity index (χ0n) is 14.5. The first-order valence-corrected chi connectivity index (χ1v) is 8.30. The SMILES string of the molecule is CCCCCCC#Cc1ccccc1CC(=O)NC(C)(C)C. The van der Waals surface area contributed by atoms with Crippen LogP contribution in [0.15, 0.2) is 24.3 Å². The third kappa shape index (κ3) is 7.88. The largest absolute Gasteiger partial charge is 0.351 e. The molecule has 1 amide bonds. The Morgan fingerprint density at radius 2 is 1.86 bits per heavy atom. The van der Waals surface area contributed by atoms with Crippen LogP contribution in [0.3, 0.4) is 0 Å². The number of carbonyl (C=O) groups excluding carboxylic acids is 1. The fourth-order valence-corrected chi connectivity index (χ4v) is 2.23. The number of hydrogen-bond acceptors (Lipinski definition) is 1. The van der Waals surface area contributed by atoms with Crippen LogP contribution in [0.2, 0.25) is 0 Å². The maximum absolute atomic E-state index is 12.1. The van der Waals surface area contributed by atoms with Gasteiger partial charge in [-0.25, -0.2) is 0 Å². The van der Waals surface area contributed by atoms with Crippen molar-refractivity contribution in [3.05, 3.63) is 35.4 Å². The molecule has 0 fully saturated rings. The van der Waals surface area contributed by atoms with E-state index in [1.54, 1.807) is 0 Å². The maximum Gasteiger partial charge on any atom is 0.224 e. The molecule has 0 unspecified atom stereocenters. The van der Waals surface area contributed by atoms with Gasteiger partial charge in [0.1, 0.15) is 0 Å². The summed E-state index contributed by atoms with van der Waals surface area (Å²) in [5.41, 5.74) is 1.78. The Balaban J connectivity index is 2.62. The van der Waals surface area contributed by atoms with E-state index in [1.165, 1.54) is 19.3 Å². The van der Waals surface area contributed by atoms with Crippen molar-refractivity contribution in [2.45, 2.75) is 71.8 Å². The van der Waals surface area contributed by atoms with Crippen LogP contribution in [-0.2, 0) is 11.2 Å². The normalized spacial score (nSPS) is 10.7. The van der Waals surface area contributed by atoms with E-state index in [0.717, 1.165) is 24.0 Å². The Labute approximate surface area is 135 Å². The third-order valence-corrected chi connectivity index (χ3v) is 3.26. The van der Waals surface area contributed by atoms with Crippen molar-refractivity contribution in [3.63, 3.8) is 0 Å². The standard InChI is InChI=1S/C20H29NO/c1-5-6-7-8-9-10-13-17-14-11-12-15-18(17)16-19(22)21-20(2,3)4/h11-12,14-15H,5-9,16H2,1-4H3,(H,21,22). The summed E-state index contributed by atoms with van der Waals surface area (Å²) in [7, 11) is 0.